The van der Waals surface area contributed by atoms with E-state index in [1.165, 1.54) is 27.8 Å². The Morgan fingerprint density at radius 3 is 2.48 bits per heavy atom. The number of H-pyrrole nitrogens is 1. The second-order valence-electron chi connectivity index (χ2n) is 6.89. The number of nitrogens with zero attached hydrogens (tertiary/aromatic N) is 5. The van der Waals surface area contributed by atoms with Crippen molar-refractivity contribution >= 4 is 38.7 Å². The Labute approximate surface area is 169 Å². The van der Waals surface area contributed by atoms with Crippen LogP contribution < -0.4 is 28.2 Å². The van der Waals surface area contributed by atoms with Gasteiger partial charge in [-0.3, -0.25) is 37.6 Å². The molecule has 0 atom stereocenters. The lowest BCUT2D eigenvalue weighted by molar-refractivity contribution is 0.0971. The monoisotopic (exact) mass is 465 g/mol. The third-order valence-electron chi connectivity index (χ3n) is 4.97. The SMILES string of the molecule is Cn1c(=O)c2nc(Br)n(CC(=O)c3c(N)n(C4CC4)c(=O)[nH]c3=O)c2n(C)c1=O. The van der Waals surface area contributed by atoms with Crippen LogP contribution in [0.4, 0.5) is 5.82 Å². The zero-order valence-corrected chi connectivity index (χ0v) is 17.0. The maximum atomic E-state index is 12.9. The molecule has 3 N–H and O–H groups in total. The molecular weight excluding hydrogens is 450 g/mol. The smallest absolute Gasteiger partial charge is 0.332 e. The molecule has 152 valence electrons. The first-order valence-corrected chi connectivity index (χ1v) is 9.42. The van der Waals surface area contributed by atoms with E-state index in [2.05, 4.69) is 25.9 Å². The molecule has 1 aliphatic carbocycles. The maximum Gasteiger partial charge on any atom is 0.332 e. The summed E-state index contributed by atoms with van der Waals surface area (Å²) in [7, 11) is 2.76. The predicted octanol–water partition coefficient (Wildman–Crippen LogP) is -1.15. The van der Waals surface area contributed by atoms with Crippen molar-refractivity contribution in [2.45, 2.75) is 25.4 Å². The van der Waals surface area contributed by atoms with Crippen LogP contribution in [0, 0.1) is 0 Å². The van der Waals surface area contributed by atoms with Gasteiger partial charge in [-0.05, 0) is 28.8 Å². The number of rotatable bonds is 4. The molecule has 4 rings (SSSR count). The van der Waals surface area contributed by atoms with Gasteiger partial charge in [-0.1, -0.05) is 0 Å². The standard InChI is InChI=1S/C16H16BrN7O5/c1-21-12-9(13(27)22(2)16(21)29)19-14(17)23(12)5-7(25)8-10(18)24(6-3-4-6)15(28)20-11(8)26/h6H,3-5,18H2,1-2H3,(H,20,26,28). The number of Topliss-reactive ketones (excluding diaryl/α,β-unsaturated/α-hetero) is 1. The number of aromatic amines is 1. The summed E-state index contributed by atoms with van der Waals surface area (Å²) in [6, 6.07) is -0.143. The van der Waals surface area contributed by atoms with Crippen LogP contribution in [0.1, 0.15) is 29.2 Å². The minimum absolute atomic E-state index is 0.0147. The van der Waals surface area contributed by atoms with Gasteiger partial charge in [0.25, 0.3) is 11.1 Å². The second kappa shape index (κ2) is 6.40. The molecule has 3 heterocycles. The molecule has 0 radical (unpaired) electrons. The van der Waals surface area contributed by atoms with Crippen LogP contribution in [0.5, 0.6) is 0 Å². The van der Waals surface area contributed by atoms with Crippen molar-refractivity contribution in [3.05, 3.63) is 52.0 Å². The lowest BCUT2D eigenvalue weighted by Crippen LogP contribution is -2.38. The summed E-state index contributed by atoms with van der Waals surface area (Å²) in [5, 5.41) is 0. The highest BCUT2D eigenvalue weighted by Gasteiger charge is 2.30. The molecule has 0 bridgehead atoms. The zero-order valence-electron chi connectivity index (χ0n) is 15.4. The van der Waals surface area contributed by atoms with Crippen LogP contribution in [0.25, 0.3) is 11.2 Å². The molecular formula is C16H16BrN7O5. The summed E-state index contributed by atoms with van der Waals surface area (Å²) in [6.45, 7) is -0.423. The molecule has 3 aromatic heterocycles. The Balaban J connectivity index is 1.88. The number of imidazole rings is 1. The normalized spacial score (nSPS) is 13.9. The number of hydrogen-bond donors (Lipinski definition) is 2. The number of aromatic nitrogens is 6. The maximum absolute atomic E-state index is 12.9. The topological polar surface area (TPSA) is 160 Å². The average Bonchev–Trinajstić information content (AvgIpc) is 3.42. The summed E-state index contributed by atoms with van der Waals surface area (Å²) in [4.78, 5) is 68.1. The highest BCUT2D eigenvalue weighted by atomic mass is 79.9. The minimum Gasteiger partial charge on any atom is -0.384 e. The summed E-state index contributed by atoms with van der Waals surface area (Å²) < 4.78 is 4.72. The Bertz CT molecular complexity index is 1430. The fourth-order valence-corrected chi connectivity index (χ4v) is 3.83. The molecule has 0 aliphatic heterocycles. The minimum atomic E-state index is -0.889. The van der Waals surface area contributed by atoms with Gasteiger partial charge < -0.3 is 5.73 Å². The van der Waals surface area contributed by atoms with Gasteiger partial charge in [-0.15, -0.1) is 0 Å². The number of nitrogen functional groups attached to an aromatic ring is 1. The van der Waals surface area contributed by atoms with Gasteiger partial charge >= 0.3 is 11.4 Å². The van der Waals surface area contributed by atoms with Crippen LogP contribution in [-0.2, 0) is 20.6 Å². The number of ketones is 1. The predicted molar refractivity (Wildman–Crippen MR) is 106 cm³/mol. The van der Waals surface area contributed by atoms with Crippen molar-refractivity contribution in [1.29, 1.82) is 0 Å². The van der Waals surface area contributed by atoms with Crippen LogP contribution in [0.2, 0.25) is 0 Å². The van der Waals surface area contributed by atoms with Gasteiger partial charge in [0.15, 0.2) is 21.7 Å². The average molecular weight is 466 g/mol. The molecule has 1 fully saturated rings. The van der Waals surface area contributed by atoms with Crippen LogP contribution in [-0.4, -0.2) is 34.0 Å². The molecule has 3 aromatic rings. The van der Waals surface area contributed by atoms with Crippen LogP contribution in [0.3, 0.4) is 0 Å². The molecule has 29 heavy (non-hydrogen) atoms. The van der Waals surface area contributed by atoms with Gasteiger partial charge in [0.1, 0.15) is 11.4 Å². The van der Waals surface area contributed by atoms with E-state index in [4.69, 9.17) is 5.73 Å². The lowest BCUT2D eigenvalue weighted by atomic mass is 10.2. The Morgan fingerprint density at radius 1 is 1.21 bits per heavy atom. The molecule has 0 saturated heterocycles. The van der Waals surface area contributed by atoms with Gasteiger partial charge in [-0.2, -0.15) is 0 Å². The first-order valence-electron chi connectivity index (χ1n) is 8.62. The second-order valence-corrected chi connectivity index (χ2v) is 7.60. The molecule has 1 aliphatic rings. The first-order chi connectivity index (χ1) is 13.6. The molecule has 1 saturated carbocycles. The fourth-order valence-electron chi connectivity index (χ4n) is 3.36. The molecule has 0 amide bonds. The quantitative estimate of drug-likeness (QED) is 0.363. The number of nitrogens with two attached hydrogens (primary N) is 1. The number of carbonyl (C=O) groups is 1. The van der Waals surface area contributed by atoms with E-state index in [9.17, 15) is 24.0 Å². The Morgan fingerprint density at radius 2 is 1.86 bits per heavy atom. The largest absolute Gasteiger partial charge is 0.384 e. The van der Waals surface area contributed by atoms with Crippen LogP contribution in [0.15, 0.2) is 23.9 Å². The number of hydrogen-bond acceptors (Lipinski definition) is 7. The van der Waals surface area contributed by atoms with E-state index in [0.717, 1.165) is 17.4 Å². The third-order valence-corrected chi connectivity index (χ3v) is 5.57. The van der Waals surface area contributed by atoms with E-state index in [0.29, 0.717) is 0 Å². The van der Waals surface area contributed by atoms with Gasteiger partial charge in [0.2, 0.25) is 0 Å². The van der Waals surface area contributed by atoms with Crippen molar-refractivity contribution in [2.24, 2.45) is 14.1 Å². The lowest BCUT2D eigenvalue weighted by Gasteiger charge is -2.12. The van der Waals surface area contributed by atoms with E-state index >= 15 is 0 Å². The van der Waals surface area contributed by atoms with E-state index in [-0.39, 0.29) is 33.3 Å². The fraction of sp³-hybridized carbons (Fsp3) is 0.375. The summed E-state index contributed by atoms with van der Waals surface area (Å²) in [5.74, 6) is -0.886. The first kappa shape index (κ1) is 19.1. The van der Waals surface area contributed by atoms with Crippen molar-refractivity contribution < 1.29 is 4.79 Å². The van der Waals surface area contributed by atoms with Crippen molar-refractivity contribution in [3.8, 4) is 0 Å². The molecule has 0 aromatic carbocycles. The number of fused-ring (bicyclic) bond motifs is 1. The van der Waals surface area contributed by atoms with Gasteiger partial charge in [0.05, 0.1) is 6.54 Å². The molecule has 13 heteroatoms. The van der Waals surface area contributed by atoms with E-state index < -0.39 is 34.8 Å². The third kappa shape index (κ3) is 2.80. The van der Waals surface area contributed by atoms with Crippen molar-refractivity contribution in [2.75, 3.05) is 5.73 Å². The Kier molecular flexibility index (Phi) is 4.22. The Hall–Kier alpha value is -3.22. The van der Waals surface area contributed by atoms with Crippen molar-refractivity contribution in [1.82, 2.24) is 28.2 Å². The number of anilines is 1. The summed E-state index contributed by atoms with van der Waals surface area (Å²) >= 11 is 3.19. The number of carbonyl (C=O) groups excluding carboxylic acids is 1. The summed E-state index contributed by atoms with van der Waals surface area (Å²) in [5.41, 5.74) is 2.97. The summed E-state index contributed by atoms with van der Waals surface area (Å²) in [6.07, 6.45) is 1.46. The number of aryl methyl sites for hydroxylation is 1. The van der Waals surface area contributed by atoms with Gasteiger partial charge in [0, 0.05) is 20.1 Å². The highest BCUT2D eigenvalue weighted by Crippen LogP contribution is 2.35. The van der Waals surface area contributed by atoms with Crippen molar-refractivity contribution in [3.63, 3.8) is 0 Å². The molecule has 12 nitrogen and oxygen atoms in total. The van der Waals surface area contributed by atoms with Crippen LogP contribution >= 0.6 is 15.9 Å². The highest BCUT2D eigenvalue weighted by molar-refractivity contribution is 9.10. The molecule has 0 spiro atoms. The molecule has 0 unspecified atom stereocenters. The van der Waals surface area contributed by atoms with E-state index in [1.807, 2.05) is 0 Å². The zero-order chi connectivity index (χ0) is 21.2. The number of halogens is 1. The van der Waals surface area contributed by atoms with Gasteiger partial charge in [-0.25, -0.2) is 14.6 Å². The van der Waals surface area contributed by atoms with E-state index in [1.54, 1.807) is 0 Å². The number of nitrogens with one attached hydrogen (secondary N) is 1.